The molecule has 0 aliphatic carbocycles. The first-order valence-electron chi connectivity index (χ1n) is 2.24. The molecule has 0 radical (unpaired) electrons. The predicted octanol–water partition coefficient (Wildman–Crippen LogP) is -0.949. The molecule has 0 saturated heterocycles. The van der Waals surface area contributed by atoms with Gasteiger partial charge in [0.15, 0.2) is 5.82 Å². The van der Waals surface area contributed by atoms with E-state index < -0.39 is 0 Å². The second kappa shape index (κ2) is 1.67. The van der Waals surface area contributed by atoms with Crippen LogP contribution >= 0.6 is 0 Å². The quantitative estimate of drug-likeness (QED) is 0.435. The molecule has 0 aliphatic rings. The van der Waals surface area contributed by atoms with E-state index in [1.165, 1.54) is 6.20 Å². The third kappa shape index (κ3) is 0.659. The van der Waals surface area contributed by atoms with Crippen molar-refractivity contribution in [2.75, 3.05) is 11.6 Å². The maximum absolute atomic E-state index is 8.29. The minimum atomic E-state index is 0.192. The first-order valence-corrected chi connectivity index (χ1v) is 2.24. The van der Waals surface area contributed by atoms with Crippen molar-refractivity contribution >= 4 is 5.82 Å². The van der Waals surface area contributed by atoms with Crippen LogP contribution in [0.1, 0.15) is 5.56 Å². The molecule has 1 aromatic rings. The summed E-state index contributed by atoms with van der Waals surface area (Å²) in [6, 6.07) is 1.83. The summed E-state index contributed by atoms with van der Waals surface area (Å²) in [5, 5.41) is 11.8. The highest BCUT2D eigenvalue weighted by Gasteiger charge is 2.01. The van der Waals surface area contributed by atoms with Gasteiger partial charge in [0.1, 0.15) is 11.6 Å². The van der Waals surface area contributed by atoms with Crippen molar-refractivity contribution in [2.45, 2.75) is 0 Å². The number of hydrogen-bond donors (Lipinski definition) is 2. The van der Waals surface area contributed by atoms with E-state index in [1.54, 1.807) is 0 Å². The molecule has 0 amide bonds. The first kappa shape index (κ1) is 5.44. The predicted molar refractivity (Wildman–Crippen MR) is 31.5 cm³/mol. The Morgan fingerprint density at radius 1 is 1.78 bits per heavy atom. The van der Waals surface area contributed by atoms with Gasteiger partial charge in [0.2, 0.25) is 0 Å². The molecule has 1 aromatic heterocycles. The summed E-state index contributed by atoms with van der Waals surface area (Å²) in [6.45, 7) is 0. The molecular weight excluding hydrogens is 118 g/mol. The second-order valence-electron chi connectivity index (χ2n) is 1.50. The van der Waals surface area contributed by atoms with Crippen LogP contribution in [0.3, 0.4) is 0 Å². The summed E-state index contributed by atoms with van der Waals surface area (Å²) >= 11 is 0. The molecule has 0 unspecified atom stereocenters. The molecule has 5 heteroatoms. The minimum absolute atomic E-state index is 0.192. The van der Waals surface area contributed by atoms with Crippen LogP contribution in [-0.4, -0.2) is 9.89 Å². The summed E-state index contributed by atoms with van der Waals surface area (Å²) in [7, 11) is 0. The number of nitriles is 1. The van der Waals surface area contributed by atoms with Gasteiger partial charge in [-0.25, -0.2) is 0 Å². The zero-order chi connectivity index (χ0) is 6.85. The highest BCUT2D eigenvalue weighted by Crippen LogP contribution is 2.03. The summed E-state index contributed by atoms with van der Waals surface area (Å²) in [5.74, 6) is 5.34. The molecule has 0 spiro atoms. The van der Waals surface area contributed by atoms with Crippen LogP contribution in [0, 0.1) is 11.3 Å². The zero-order valence-electron chi connectivity index (χ0n) is 4.57. The van der Waals surface area contributed by atoms with Gasteiger partial charge in [0.25, 0.3) is 0 Å². The van der Waals surface area contributed by atoms with Gasteiger partial charge in [0.05, 0.1) is 6.20 Å². The summed E-state index contributed by atoms with van der Waals surface area (Å²) < 4.78 is 0. The molecule has 0 aromatic carbocycles. The number of nitrogen functional groups attached to an aromatic ring is 2. The standard InChI is InChI=1S/C4H5N5/c5-1-3-2-8-9(7)4(3)6/h2H,6-7H2. The third-order valence-electron chi connectivity index (χ3n) is 0.954. The van der Waals surface area contributed by atoms with Gasteiger partial charge in [-0.05, 0) is 0 Å². The monoisotopic (exact) mass is 123 g/mol. The fourth-order valence-electron chi connectivity index (χ4n) is 0.458. The van der Waals surface area contributed by atoms with Gasteiger partial charge < -0.3 is 11.6 Å². The smallest absolute Gasteiger partial charge is 0.162 e. The number of hydrogen-bond acceptors (Lipinski definition) is 4. The van der Waals surface area contributed by atoms with Crippen LogP contribution in [0.2, 0.25) is 0 Å². The van der Waals surface area contributed by atoms with E-state index >= 15 is 0 Å². The molecule has 46 valence electrons. The molecule has 0 bridgehead atoms. The van der Waals surface area contributed by atoms with Crippen molar-refractivity contribution in [3.63, 3.8) is 0 Å². The van der Waals surface area contributed by atoms with Gasteiger partial charge in [-0.1, -0.05) is 0 Å². The van der Waals surface area contributed by atoms with E-state index in [0.29, 0.717) is 5.56 Å². The molecule has 9 heavy (non-hydrogen) atoms. The lowest BCUT2D eigenvalue weighted by atomic mass is 10.4. The third-order valence-corrected chi connectivity index (χ3v) is 0.954. The van der Waals surface area contributed by atoms with Gasteiger partial charge >= 0.3 is 0 Å². The van der Waals surface area contributed by atoms with Crippen molar-refractivity contribution in [1.29, 1.82) is 5.26 Å². The van der Waals surface area contributed by atoms with Crippen LogP contribution in [0.4, 0.5) is 5.82 Å². The van der Waals surface area contributed by atoms with Gasteiger partial charge in [-0.2, -0.15) is 15.2 Å². The van der Waals surface area contributed by atoms with Crippen LogP contribution in [0.25, 0.3) is 0 Å². The Balaban J connectivity index is 3.24. The van der Waals surface area contributed by atoms with Crippen LogP contribution in [-0.2, 0) is 0 Å². The van der Waals surface area contributed by atoms with E-state index in [4.69, 9.17) is 16.8 Å². The van der Waals surface area contributed by atoms with Crippen molar-refractivity contribution in [2.24, 2.45) is 0 Å². The lowest BCUT2D eigenvalue weighted by molar-refractivity contribution is 0.843. The average Bonchev–Trinajstić information content (AvgIpc) is 2.15. The molecule has 1 heterocycles. The van der Waals surface area contributed by atoms with E-state index in [1.807, 2.05) is 6.07 Å². The van der Waals surface area contributed by atoms with Crippen LogP contribution in [0.15, 0.2) is 6.20 Å². The average molecular weight is 123 g/mol. The topological polar surface area (TPSA) is 93.6 Å². The number of nitrogens with two attached hydrogens (primary N) is 2. The Bertz CT molecular complexity index is 254. The fourth-order valence-corrected chi connectivity index (χ4v) is 0.458. The molecule has 5 nitrogen and oxygen atoms in total. The number of nitrogens with zero attached hydrogens (tertiary/aromatic N) is 3. The lowest BCUT2D eigenvalue weighted by Gasteiger charge is -1.89. The lowest BCUT2D eigenvalue weighted by Crippen LogP contribution is -2.13. The number of anilines is 1. The number of rotatable bonds is 0. The molecule has 4 N–H and O–H groups in total. The Morgan fingerprint density at radius 2 is 2.44 bits per heavy atom. The van der Waals surface area contributed by atoms with Crippen molar-refractivity contribution < 1.29 is 0 Å². The van der Waals surface area contributed by atoms with Crippen molar-refractivity contribution in [3.05, 3.63) is 11.8 Å². The van der Waals surface area contributed by atoms with Gasteiger partial charge in [-0.3, -0.25) is 0 Å². The molecule has 1 rings (SSSR count). The second-order valence-corrected chi connectivity index (χ2v) is 1.50. The van der Waals surface area contributed by atoms with E-state index in [0.717, 1.165) is 4.79 Å². The molecule has 0 saturated carbocycles. The van der Waals surface area contributed by atoms with E-state index in [2.05, 4.69) is 5.10 Å². The largest absolute Gasteiger partial charge is 0.381 e. The van der Waals surface area contributed by atoms with Gasteiger partial charge in [-0.15, -0.1) is 0 Å². The van der Waals surface area contributed by atoms with Crippen LogP contribution < -0.4 is 11.6 Å². The van der Waals surface area contributed by atoms with Crippen molar-refractivity contribution in [1.82, 2.24) is 9.89 Å². The SMILES string of the molecule is N#Cc1cnn(N)c1N. The maximum Gasteiger partial charge on any atom is 0.162 e. The fraction of sp³-hybridized carbons (Fsp3) is 0. The molecule has 0 fully saturated rings. The summed E-state index contributed by atoms with van der Waals surface area (Å²) in [6.07, 6.45) is 1.31. The zero-order valence-corrected chi connectivity index (χ0v) is 4.57. The first-order chi connectivity index (χ1) is 4.25. The Labute approximate surface area is 51.4 Å². The Hall–Kier alpha value is -1.70. The minimum Gasteiger partial charge on any atom is -0.381 e. The summed E-state index contributed by atoms with van der Waals surface area (Å²) in [4.78, 5) is 0.957. The van der Waals surface area contributed by atoms with E-state index in [9.17, 15) is 0 Å². The van der Waals surface area contributed by atoms with Crippen LogP contribution in [0.5, 0.6) is 0 Å². The summed E-state index contributed by atoms with van der Waals surface area (Å²) in [5.41, 5.74) is 5.57. The normalized spacial score (nSPS) is 8.78. The Kier molecular flexibility index (Phi) is 1.01. The van der Waals surface area contributed by atoms with E-state index in [-0.39, 0.29) is 5.82 Å². The van der Waals surface area contributed by atoms with Gasteiger partial charge in [0, 0.05) is 0 Å². The molecule has 0 atom stereocenters. The maximum atomic E-state index is 8.29. The Morgan fingerprint density at radius 3 is 2.67 bits per heavy atom. The van der Waals surface area contributed by atoms with Crippen molar-refractivity contribution in [3.8, 4) is 6.07 Å². The molecule has 0 aliphatic heterocycles. The highest BCUT2D eigenvalue weighted by molar-refractivity contribution is 5.47. The molecular formula is C4H5N5. The highest BCUT2D eigenvalue weighted by atomic mass is 15.5. The number of aromatic nitrogens is 2.